The van der Waals surface area contributed by atoms with E-state index in [1.807, 2.05) is 30.3 Å². The minimum Gasteiger partial charge on any atom is -0.375 e. The van der Waals surface area contributed by atoms with Crippen LogP contribution in [0.3, 0.4) is 0 Å². The lowest BCUT2D eigenvalue weighted by atomic mass is 9.98. The molecular weight excluding hydrogens is 276 g/mol. The van der Waals surface area contributed by atoms with Crippen molar-refractivity contribution in [3.8, 4) is 0 Å². The zero-order chi connectivity index (χ0) is 13.5. The molecule has 1 amide bonds. The smallest absolute Gasteiger partial charge is 0.224 e. The topological polar surface area (TPSA) is 50.4 Å². The number of benzene rings is 1. The van der Waals surface area contributed by atoms with E-state index in [1.54, 1.807) is 7.11 Å². The van der Waals surface area contributed by atoms with E-state index in [4.69, 9.17) is 4.74 Å². The van der Waals surface area contributed by atoms with Crippen LogP contribution in [0.5, 0.6) is 0 Å². The zero-order valence-corrected chi connectivity index (χ0v) is 12.6. The molecule has 0 spiro atoms. The Morgan fingerprint density at radius 3 is 2.80 bits per heavy atom. The standard InChI is InChI=1S/C15H22N2O2.ClH/c1-19-14(12-6-3-2-4-7-12)11-17-15(18)13-8-5-9-16-10-13;/h2-4,6-7,13-14,16H,5,8-11H2,1H3,(H,17,18);1H. The van der Waals surface area contributed by atoms with Gasteiger partial charge in [-0.15, -0.1) is 12.4 Å². The fourth-order valence-corrected chi connectivity index (χ4v) is 2.42. The fraction of sp³-hybridized carbons (Fsp3) is 0.533. The highest BCUT2D eigenvalue weighted by Gasteiger charge is 2.21. The number of carbonyl (C=O) groups excluding carboxylic acids is 1. The molecule has 2 N–H and O–H groups in total. The van der Waals surface area contributed by atoms with Crippen molar-refractivity contribution in [2.24, 2.45) is 5.92 Å². The highest BCUT2D eigenvalue weighted by molar-refractivity contribution is 5.85. The Hall–Kier alpha value is -1.10. The highest BCUT2D eigenvalue weighted by atomic mass is 35.5. The maximum absolute atomic E-state index is 12.0. The molecule has 5 heteroatoms. The van der Waals surface area contributed by atoms with Gasteiger partial charge in [0, 0.05) is 20.2 Å². The van der Waals surface area contributed by atoms with E-state index in [1.165, 1.54) is 0 Å². The zero-order valence-electron chi connectivity index (χ0n) is 11.8. The monoisotopic (exact) mass is 298 g/mol. The first kappa shape index (κ1) is 17.0. The summed E-state index contributed by atoms with van der Waals surface area (Å²) in [6.45, 7) is 2.33. The SMILES string of the molecule is COC(CNC(=O)C1CCCNC1)c1ccccc1.Cl. The van der Waals surface area contributed by atoms with Crippen LogP contribution in [0, 0.1) is 5.92 Å². The van der Waals surface area contributed by atoms with E-state index in [0.717, 1.165) is 31.5 Å². The number of carbonyl (C=O) groups is 1. The van der Waals surface area contributed by atoms with Gasteiger partial charge >= 0.3 is 0 Å². The third-order valence-electron chi connectivity index (χ3n) is 3.59. The molecule has 2 atom stereocenters. The number of rotatable bonds is 5. The molecule has 0 saturated carbocycles. The number of methoxy groups -OCH3 is 1. The van der Waals surface area contributed by atoms with Gasteiger partial charge in [-0.25, -0.2) is 0 Å². The molecule has 0 bridgehead atoms. The van der Waals surface area contributed by atoms with Crippen molar-refractivity contribution in [2.75, 3.05) is 26.7 Å². The van der Waals surface area contributed by atoms with Crippen LogP contribution in [0.1, 0.15) is 24.5 Å². The van der Waals surface area contributed by atoms with Gasteiger partial charge in [0.25, 0.3) is 0 Å². The Morgan fingerprint density at radius 2 is 2.20 bits per heavy atom. The molecular formula is C15H23ClN2O2. The number of halogens is 1. The first-order chi connectivity index (χ1) is 9.31. The van der Waals surface area contributed by atoms with E-state index in [-0.39, 0.29) is 30.3 Å². The van der Waals surface area contributed by atoms with Crippen LogP contribution < -0.4 is 10.6 Å². The summed E-state index contributed by atoms with van der Waals surface area (Å²) < 4.78 is 5.44. The summed E-state index contributed by atoms with van der Waals surface area (Å²) in [6.07, 6.45) is 1.97. The molecule has 112 valence electrons. The lowest BCUT2D eigenvalue weighted by Gasteiger charge is -2.23. The minimum absolute atomic E-state index is 0. The molecule has 20 heavy (non-hydrogen) atoms. The second-order valence-electron chi connectivity index (χ2n) is 4.92. The van der Waals surface area contributed by atoms with Gasteiger partial charge in [-0.1, -0.05) is 30.3 Å². The van der Waals surface area contributed by atoms with Gasteiger partial charge in [-0.3, -0.25) is 4.79 Å². The Morgan fingerprint density at radius 1 is 1.45 bits per heavy atom. The van der Waals surface area contributed by atoms with Crippen molar-refractivity contribution in [3.63, 3.8) is 0 Å². The summed E-state index contributed by atoms with van der Waals surface area (Å²) in [6, 6.07) is 9.97. The number of piperidine rings is 1. The summed E-state index contributed by atoms with van der Waals surface area (Å²) in [4.78, 5) is 12.0. The number of hydrogen-bond donors (Lipinski definition) is 2. The molecule has 2 rings (SSSR count). The largest absolute Gasteiger partial charge is 0.375 e. The van der Waals surface area contributed by atoms with Crippen LogP contribution in [0.2, 0.25) is 0 Å². The first-order valence-electron chi connectivity index (χ1n) is 6.87. The maximum Gasteiger partial charge on any atom is 0.224 e. The Balaban J connectivity index is 0.00000200. The number of ether oxygens (including phenoxy) is 1. The van der Waals surface area contributed by atoms with E-state index in [0.29, 0.717) is 6.54 Å². The number of amides is 1. The highest BCUT2D eigenvalue weighted by Crippen LogP contribution is 2.16. The molecule has 0 aliphatic carbocycles. The van der Waals surface area contributed by atoms with Gasteiger partial charge < -0.3 is 15.4 Å². The third-order valence-corrected chi connectivity index (χ3v) is 3.59. The van der Waals surface area contributed by atoms with E-state index >= 15 is 0 Å². The molecule has 1 heterocycles. The predicted molar refractivity (Wildman–Crippen MR) is 82.0 cm³/mol. The lowest BCUT2D eigenvalue weighted by Crippen LogP contribution is -2.41. The van der Waals surface area contributed by atoms with E-state index in [9.17, 15) is 4.79 Å². The van der Waals surface area contributed by atoms with Crippen molar-refractivity contribution in [1.29, 1.82) is 0 Å². The van der Waals surface area contributed by atoms with Gasteiger partial charge in [-0.05, 0) is 24.9 Å². The second-order valence-corrected chi connectivity index (χ2v) is 4.92. The molecule has 1 aliphatic rings. The quantitative estimate of drug-likeness (QED) is 0.873. The minimum atomic E-state index is -0.0818. The molecule has 4 nitrogen and oxygen atoms in total. The van der Waals surface area contributed by atoms with Crippen molar-refractivity contribution in [1.82, 2.24) is 10.6 Å². The molecule has 1 fully saturated rings. The number of hydrogen-bond acceptors (Lipinski definition) is 3. The first-order valence-corrected chi connectivity index (χ1v) is 6.87. The second kappa shape index (κ2) is 8.95. The molecule has 1 aliphatic heterocycles. The van der Waals surface area contributed by atoms with E-state index < -0.39 is 0 Å². The predicted octanol–water partition coefficient (Wildman–Crippen LogP) is 1.91. The number of nitrogens with one attached hydrogen (secondary N) is 2. The van der Waals surface area contributed by atoms with Crippen LogP contribution in [0.15, 0.2) is 30.3 Å². The average molecular weight is 299 g/mol. The molecule has 1 saturated heterocycles. The summed E-state index contributed by atoms with van der Waals surface area (Å²) in [7, 11) is 1.67. The molecule has 0 radical (unpaired) electrons. The summed E-state index contributed by atoms with van der Waals surface area (Å²) in [5, 5.41) is 6.25. The van der Waals surface area contributed by atoms with Crippen LogP contribution in [-0.2, 0) is 9.53 Å². The molecule has 1 aromatic carbocycles. The van der Waals surface area contributed by atoms with Crippen LogP contribution in [0.4, 0.5) is 0 Å². The lowest BCUT2D eigenvalue weighted by molar-refractivity contribution is -0.126. The molecule has 2 unspecified atom stereocenters. The summed E-state index contributed by atoms with van der Waals surface area (Å²) >= 11 is 0. The normalized spacial score (nSPS) is 19.8. The molecule has 1 aromatic rings. The average Bonchev–Trinajstić information content (AvgIpc) is 2.49. The van der Waals surface area contributed by atoms with Crippen LogP contribution in [0.25, 0.3) is 0 Å². The summed E-state index contributed by atoms with van der Waals surface area (Å²) in [5.74, 6) is 0.229. The maximum atomic E-state index is 12.0. The molecule has 0 aromatic heterocycles. The third kappa shape index (κ3) is 4.78. The van der Waals surface area contributed by atoms with E-state index in [2.05, 4.69) is 10.6 Å². The van der Waals surface area contributed by atoms with Crippen molar-refractivity contribution >= 4 is 18.3 Å². The fourth-order valence-electron chi connectivity index (χ4n) is 2.42. The Labute approximate surface area is 126 Å². The van der Waals surface area contributed by atoms with Crippen LogP contribution in [-0.4, -0.2) is 32.7 Å². The van der Waals surface area contributed by atoms with Gasteiger partial charge in [0.05, 0.1) is 12.0 Å². The van der Waals surface area contributed by atoms with Crippen molar-refractivity contribution in [2.45, 2.75) is 18.9 Å². The van der Waals surface area contributed by atoms with Gasteiger partial charge in [0.15, 0.2) is 0 Å². The van der Waals surface area contributed by atoms with Crippen molar-refractivity contribution < 1.29 is 9.53 Å². The summed E-state index contributed by atoms with van der Waals surface area (Å²) in [5.41, 5.74) is 1.09. The Kier molecular flexibility index (Phi) is 7.59. The van der Waals surface area contributed by atoms with Gasteiger partial charge in [-0.2, -0.15) is 0 Å². The van der Waals surface area contributed by atoms with Gasteiger partial charge in [0.2, 0.25) is 5.91 Å². The van der Waals surface area contributed by atoms with Crippen LogP contribution >= 0.6 is 12.4 Å². The van der Waals surface area contributed by atoms with Crippen molar-refractivity contribution in [3.05, 3.63) is 35.9 Å². The Bertz CT molecular complexity index is 394. The van der Waals surface area contributed by atoms with Gasteiger partial charge in [0.1, 0.15) is 0 Å².